The quantitative estimate of drug-likeness (QED) is 0.778. The Kier molecular flexibility index (Phi) is 5.87. The summed E-state index contributed by atoms with van der Waals surface area (Å²) in [5.41, 5.74) is 2.12. The highest BCUT2D eigenvalue weighted by Crippen LogP contribution is 2.38. The second-order valence-corrected chi connectivity index (χ2v) is 9.18. The van der Waals surface area contributed by atoms with E-state index in [-0.39, 0.29) is 11.0 Å². The fraction of sp³-hybridized carbons (Fsp3) is 0.417. The monoisotopic (exact) mass is 409 g/mol. The maximum atomic E-state index is 13.7. The standard InChI is InChI=1S/C24H28FN3O2/c1-23(2,3)24(4)16-27(10-11-28(24)22(29)30)15-17-6-5-7-18(12-17)19-8-9-21(25)20(13-19)14-26/h5-9,12-13H,10-11,15-16H2,1-4H3,(H,29,30)/t24-/m1/s1. The maximum absolute atomic E-state index is 13.7. The van der Waals surface area contributed by atoms with Gasteiger partial charge in [-0.2, -0.15) is 5.26 Å². The van der Waals surface area contributed by atoms with Gasteiger partial charge in [0.05, 0.1) is 11.1 Å². The molecular formula is C24H28FN3O2. The van der Waals surface area contributed by atoms with E-state index in [1.807, 2.05) is 37.3 Å². The van der Waals surface area contributed by atoms with Crippen LogP contribution in [-0.4, -0.2) is 46.2 Å². The van der Waals surface area contributed by atoms with E-state index in [4.69, 9.17) is 5.26 Å². The molecule has 2 aromatic rings. The van der Waals surface area contributed by atoms with Crippen LogP contribution in [0.15, 0.2) is 42.5 Å². The first kappa shape index (κ1) is 21.8. The van der Waals surface area contributed by atoms with Crippen LogP contribution in [0.25, 0.3) is 11.1 Å². The molecule has 6 heteroatoms. The Hall–Kier alpha value is -2.91. The van der Waals surface area contributed by atoms with Crippen molar-refractivity contribution in [3.63, 3.8) is 0 Å². The van der Waals surface area contributed by atoms with E-state index in [2.05, 4.69) is 25.7 Å². The smallest absolute Gasteiger partial charge is 0.407 e. The molecular weight excluding hydrogens is 381 g/mol. The molecule has 158 valence electrons. The van der Waals surface area contributed by atoms with Gasteiger partial charge >= 0.3 is 6.09 Å². The summed E-state index contributed by atoms with van der Waals surface area (Å²) < 4.78 is 13.7. The Balaban J connectivity index is 1.83. The first-order chi connectivity index (χ1) is 14.0. The molecule has 3 rings (SSSR count). The largest absolute Gasteiger partial charge is 0.465 e. The predicted octanol–water partition coefficient (Wildman–Crippen LogP) is 4.96. The van der Waals surface area contributed by atoms with Crippen molar-refractivity contribution in [2.24, 2.45) is 5.41 Å². The number of hydrogen-bond acceptors (Lipinski definition) is 3. The molecule has 1 aliphatic rings. The zero-order valence-corrected chi connectivity index (χ0v) is 17.9. The summed E-state index contributed by atoms with van der Waals surface area (Å²) in [6, 6.07) is 14.4. The lowest BCUT2D eigenvalue weighted by Gasteiger charge is -2.54. The van der Waals surface area contributed by atoms with Gasteiger partial charge in [0.15, 0.2) is 0 Å². The summed E-state index contributed by atoms with van der Waals surface area (Å²) in [6.07, 6.45) is -0.876. The molecule has 0 radical (unpaired) electrons. The minimum Gasteiger partial charge on any atom is -0.465 e. The van der Waals surface area contributed by atoms with Gasteiger partial charge in [0, 0.05) is 26.2 Å². The third-order valence-corrected chi connectivity index (χ3v) is 6.37. The minimum atomic E-state index is -0.876. The van der Waals surface area contributed by atoms with Crippen LogP contribution in [0.1, 0.15) is 38.8 Å². The average Bonchev–Trinajstić information content (AvgIpc) is 2.67. The first-order valence-corrected chi connectivity index (χ1v) is 10.1. The van der Waals surface area contributed by atoms with Gasteiger partial charge in [0.25, 0.3) is 0 Å². The topological polar surface area (TPSA) is 67.6 Å². The Labute approximate surface area is 177 Å². The van der Waals surface area contributed by atoms with Gasteiger partial charge in [-0.15, -0.1) is 0 Å². The van der Waals surface area contributed by atoms with Crippen LogP contribution in [0.5, 0.6) is 0 Å². The molecule has 2 aromatic carbocycles. The number of rotatable bonds is 3. The Morgan fingerprint density at radius 3 is 2.53 bits per heavy atom. The van der Waals surface area contributed by atoms with E-state index in [0.717, 1.165) is 16.7 Å². The van der Waals surface area contributed by atoms with E-state index >= 15 is 0 Å². The van der Waals surface area contributed by atoms with E-state index in [1.165, 1.54) is 6.07 Å². The van der Waals surface area contributed by atoms with Gasteiger partial charge < -0.3 is 5.11 Å². The summed E-state index contributed by atoms with van der Waals surface area (Å²) in [6.45, 7) is 10.7. The molecule has 1 fully saturated rings. The maximum Gasteiger partial charge on any atom is 0.407 e. The number of amides is 1. The lowest BCUT2D eigenvalue weighted by Crippen LogP contribution is -2.67. The SMILES string of the molecule is CC(C)(C)[C@@]1(C)CN(Cc2cccc(-c3ccc(F)c(C#N)c3)c2)CCN1C(=O)O. The van der Waals surface area contributed by atoms with Crippen LogP contribution in [0.3, 0.4) is 0 Å². The second kappa shape index (κ2) is 8.08. The molecule has 1 saturated heterocycles. The van der Waals surface area contributed by atoms with E-state index in [1.54, 1.807) is 17.0 Å². The summed E-state index contributed by atoms with van der Waals surface area (Å²) in [5, 5.41) is 18.8. The van der Waals surface area contributed by atoms with E-state index in [0.29, 0.717) is 26.2 Å². The van der Waals surface area contributed by atoms with Crippen LogP contribution in [-0.2, 0) is 6.54 Å². The van der Waals surface area contributed by atoms with E-state index in [9.17, 15) is 14.3 Å². The zero-order chi connectivity index (χ0) is 22.1. The lowest BCUT2D eigenvalue weighted by molar-refractivity contribution is -0.0461. The second-order valence-electron chi connectivity index (χ2n) is 9.18. The van der Waals surface area contributed by atoms with Crippen molar-refractivity contribution >= 4 is 6.09 Å². The minimum absolute atomic E-state index is 0.0311. The fourth-order valence-electron chi connectivity index (χ4n) is 4.07. The van der Waals surface area contributed by atoms with Gasteiger partial charge in [0.2, 0.25) is 0 Å². The number of carbonyl (C=O) groups is 1. The Bertz CT molecular complexity index is 993. The van der Waals surface area contributed by atoms with Crippen molar-refractivity contribution in [3.05, 3.63) is 59.4 Å². The third kappa shape index (κ3) is 4.17. The molecule has 0 bridgehead atoms. The molecule has 5 nitrogen and oxygen atoms in total. The fourth-order valence-corrected chi connectivity index (χ4v) is 4.07. The van der Waals surface area contributed by atoms with Crippen molar-refractivity contribution in [1.29, 1.82) is 5.26 Å². The summed E-state index contributed by atoms with van der Waals surface area (Å²) in [7, 11) is 0. The van der Waals surface area contributed by atoms with Gasteiger partial charge in [-0.05, 0) is 47.2 Å². The number of nitriles is 1. The van der Waals surface area contributed by atoms with Crippen molar-refractivity contribution in [1.82, 2.24) is 9.80 Å². The molecule has 1 atom stereocenters. The highest BCUT2D eigenvalue weighted by atomic mass is 19.1. The van der Waals surface area contributed by atoms with Gasteiger partial charge in [-0.25, -0.2) is 9.18 Å². The van der Waals surface area contributed by atoms with Crippen LogP contribution in [0, 0.1) is 22.6 Å². The lowest BCUT2D eigenvalue weighted by atomic mass is 9.72. The summed E-state index contributed by atoms with van der Waals surface area (Å²) in [5.74, 6) is -0.518. The van der Waals surface area contributed by atoms with Crippen LogP contribution >= 0.6 is 0 Å². The Morgan fingerprint density at radius 2 is 1.90 bits per heavy atom. The molecule has 1 N–H and O–H groups in total. The third-order valence-electron chi connectivity index (χ3n) is 6.37. The number of nitrogens with zero attached hydrogens (tertiary/aromatic N) is 3. The van der Waals surface area contributed by atoms with Crippen molar-refractivity contribution in [2.75, 3.05) is 19.6 Å². The molecule has 30 heavy (non-hydrogen) atoms. The summed E-state index contributed by atoms with van der Waals surface area (Å²) >= 11 is 0. The molecule has 1 amide bonds. The molecule has 0 unspecified atom stereocenters. The highest BCUT2D eigenvalue weighted by Gasteiger charge is 2.48. The van der Waals surface area contributed by atoms with Gasteiger partial charge in [0.1, 0.15) is 11.9 Å². The molecule has 0 aromatic heterocycles. The molecule has 0 spiro atoms. The van der Waals surface area contributed by atoms with E-state index < -0.39 is 17.4 Å². The van der Waals surface area contributed by atoms with Crippen LogP contribution < -0.4 is 0 Å². The van der Waals surface area contributed by atoms with Crippen LogP contribution in [0.4, 0.5) is 9.18 Å². The number of halogens is 1. The molecule has 0 aliphatic carbocycles. The highest BCUT2D eigenvalue weighted by molar-refractivity contribution is 5.67. The molecule has 1 heterocycles. The summed E-state index contributed by atoms with van der Waals surface area (Å²) in [4.78, 5) is 15.7. The Morgan fingerprint density at radius 1 is 1.20 bits per heavy atom. The molecule has 1 aliphatic heterocycles. The predicted molar refractivity (Wildman–Crippen MR) is 114 cm³/mol. The van der Waals surface area contributed by atoms with Gasteiger partial charge in [-0.1, -0.05) is 45.0 Å². The average molecular weight is 410 g/mol. The number of carboxylic acid groups (broad SMARTS) is 1. The first-order valence-electron chi connectivity index (χ1n) is 10.1. The number of benzene rings is 2. The number of piperazine rings is 1. The number of hydrogen-bond donors (Lipinski definition) is 1. The molecule has 0 saturated carbocycles. The van der Waals surface area contributed by atoms with Crippen molar-refractivity contribution < 1.29 is 14.3 Å². The van der Waals surface area contributed by atoms with Crippen molar-refractivity contribution in [2.45, 2.75) is 39.8 Å². The van der Waals surface area contributed by atoms with Crippen molar-refractivity contribution in [3.8, 4) is 17.2 Å². The van der Waals surface area contributed by atoms with Crippen LogP contribution in [0.2, 0.25) is 0 Å². The zero-order valence-electron chi connectivity index (χ0n) is 17.9. The normalized spacial score (nSPS) is 20.1. The van der Waals surface area contributed by atoms with Gasteiger partial charge in [-0.3, -0.25) is 9.80 Å².